The Morgan fingerprint density at radius 1 is 1.55 bits per heavy atom. The molecule has 0 aliphatic carbocycles. The van der Waals surface area contributed by atoms with Crippen molar-refractivity contribution < 1.29 is 0 Å². The Hall–Kier alpha value is -1.38. The van der Waals surface area contributed by atoms with Crippen LogP contribution in [0.1, 0.15) is 5.69 Å². The van der Waals surface area contributed by atoms with Gasteiger partial charge in [-0.3, -0.25) is 9.67 Å². The first kappa shape index (κ1) is 6.34. The van der Waals surface area contributed by atoms with Crippen LogP contribution >= 0.6 is 0 Å². The lowest BCUT2D eigenvalue weighted by Gasteiger charge is -1.88. The van der Waals surface area contributed by atoms with Gasteiger partial charge in [0.1, 0.15) is 6.20 Å². The van der Waals surface area contributed by atoms with Crippen molar-refractivity contribution in [1.82, 2.24) is 14.8 Å². The fourth-order valence-electron chi connectivity index (χ4n) is 1.22. The first-order valence-corrected chi connectivity index (χ1v) is 3.45. The summed E-state index contributed by atoms with van der Waals surface area (Å²) in [5.74, 6) is 0. The molecule has 0 aromatic carbocycles. The molecule has 11 heavy (non-hydrogen) atoms. The second kappa shape index (κ2) is 2.05. The highest BCUT2D eigenvalue weighted by Crippen LogP contribution is 2.13. The minimum Gasteiger partial charge on any atom is -0.265 e. The van der Waals surface area contributed by atoms with Crippen LogP contribution in [0.3, 0.4) is 0 Å². The zero-order chi connectivity index (χ0) is 7.84. The summed E-state index contributed by atoms with van der Waals surface area (Å²) < 4.78 is 1.79. The van der Waals surface area contributed by atoms with Crippen LogP contribution in [-0.4, -0.2) is 14.8 Å². The van der Waals surface area contributed by atoms with Gasteiger partial charge in [-0.15, -0.1) is 0 Å². The van der Waals surface area contributed by atoms with Crippen molar-refractivity contribution in [1.29, 1.82) is 0 Å². The minimum absolute atomic E-state index is 0.963. The number of pyridine rings is 1. The Kier molecular flexibility index (Phi) is 1.18. The lowest BCUT2D eigenvalue weighted by molar-refractivity contribution is 0.781. The number of hydrogen-bond acceptors (Lipinski definition) is 2. The molecule has 0 N–H and O–H groups in total. The summed E-state index contributed by atoms with van der Waals surface area (Å²) in [4.78, 5) is 3.90. The van der Waals surface area contributed by atoms with Gasteiger partial charge < -0.3 is 0 Å². The SMILES string of the molecule is Cc1nn(C)c2[c]nccc12. The number of nitrogens with zero attached hydrogens (tertiary/aromatic N) is 3. The first-order valence-electron chi connectivity index (χ1n) is 3.45. The molecule has 0 saturated carbocycles. The van der Waals surface area contributed by atoms with Crippen molar-refractivity contribution in [2.75, 3.05) is 0 Å². The first-order chi connectivity index (χ1) is 5.29. The molecule has 0 bridgehead atoms. The van der Waals surface area contributed by atoms with Crippen LogP contribution in [0, 0.1) is 13.1 Å². The van der Waals surface area contributed by atoms with Crippen molar-refractivity contribution in [3.63, 3.8) is 0 Å². The summed E-state index contributed by atoms with van der Waals surface area (Å²) in [6, 6.07) is 1.95. The van der Waals surface area contributed by atoms with Gasteiger partial charge >= 0.3 is 0 Å². The quantitative estimate of drug-likeness (QED) is 0.556. The summed E-state index contributed by atoms with van der Waals surface area (Å²) >= 11 is 0. The second-order valence-corrected chi connectivity index (χ2v) is 2.53. The molecule has 2 rings (SSSR count). The van der Waals surface area contributed by atoms with Gasteiger partial charge in [-0.2, -0.15) is 5.10 Å². The Morgan fingerprint density at radius 2 is 2.36 bits per heavy atom. The summed E-state index contributed by atoms with van der Waals surface area (Å²) in [6.07, 6.45) is 4.62. The van der Waals surface area contributed by atoms with Gasteiger partial charge in [-0.1, -0.05) is 0 Å². The van der Waals surface area contributed by atoms with E-state index in [0.717, 1.165) is 16.6 Å². The van der Waals surface area contributed by atoms with E-state index in [9.17, 15) is 0 Å². The molecule has 2 heterocycles. The zero-order valence-corrected chi connectivity index (χ0v) is 6.50. The van der Waals surface area contributed by atoms with E-state index >= 15 is 0 Å². The number of aryl methyl sites for hydroxylation is 2. The van der Waals surface area contributed by atoms with Gasteiger partial charge in [-0.25, -0.2) is 0 Å². The Bertz CT molecular complexity index is 353. The van der Waals surface area contributed by atoms with Crippen LogP contribution in [0.2, 0.25) is 0 Å². The van der Waals surface area contributed by atoms with Crippen molar-refractivity contribution in [2.24, 2.45) is 7.05 Å². The molecule has 3 heteroatoms. The molecule has 2 aromatic rings. The van der Waals surface area contributed by atoms with Crippen LogP contribution in [-0.2, 0) is 7.05 Å². The third kappa shape index (κ3) is 0.808. The molecule has 0 fully saturated rings. The third-order valence-corrected chi connectivity index (χ3v) is 1.75. The van der Waals surface area contributed by atoms with Gasteiger partial charge in [0, 0.05) is 18.6 Å². The van der Waals surface area contributed by atoms with E-state index in [-0.39, 0.29) is 0 Å². The van der Waals surface area contributed by atoms with E-state index in [4.69, 9.17) is 0 Å². The molecule has 0 aliphatic heterocycles. The Morgan fingerprint density at radius 3 is 3.09 bits per heavy atom. The fourth-order valence-corrected chi connectivity index (χ4v) is 1.22. The van der Waals surface area contributed by atoms with Crippen LogP contribution in [0.15, 0.2) is 12.3 Å². The molecule has 3 nitrogen and oxygen atoms in total. The van der Waals surface area contributed by atoms with Gasteiger partial charge in [0.05, 0.1) is 11.2 Å². The maximum absolute atomic E-state index is 4.24. The highest BCUT2D eigenvalue weighted by atomic mass is 15.3. The number of aromatic nitrogens is 3. The van der Waals surface area contributed by atoms with Gasteiger partial charge in [-0.05, 0) is 13.0 Å². The fraction of sp³-hybridized carbons (Fsp3) is 0.250. The van der Waals surface area contributed by atoms with Gasteiger partial charge in [0.25, 0.3) is 0 Å². The average molecular weight is 146 g/mol. The van der Waals surface area contributed by atoms with Crippen LogP contribution in [0.25, 0.3) is 10.9 Å². The summed E-state index contributed by atoms with van der Waals surface area (Å²) in [5, 5.41) is 5.36. The normalized spacial score (nSPS) is 10.7. The maximum Gasteiger partial charge on any atom is 0.117 e. The molecule has 0 aliphatic rings. The van der Waals surface area contributed by atoms with Crippen LogP contribution in [0.5, 0.6) is 0 Å². The molecule has 0 amide bonds. The van der Waals surface area contributed by atoms with E-state index in [2.05, 4.69) is 16.3 Å². The topological polar surface area (TPSA) is 30.7 Å². The molecule has 0 atom stereocenters. The van der Waals surface area contributed by atoms with Crippen molar-refractivity contribution >= 4 is 10.9 Å². The van der Waals surface area contributed by atoms with Crippen LogP contribution < -0.4 is 0 Å². The molecular weight excluding hydrogens is 138 g/mol. The zero-order valence-electron chi connectivity index (χ0n) is 6.50. The lowest BCUT2D eigenvalue weighted by Crippen LogP contribution is -1.89. The minimum atomic E-state index is 0.963. The summed E-state index contributed by atoms with van der Waals surface area (Å²) in [7, 11) is 1.90. The molecule has 0 unspecified atom stereocenters. The molecule has 55 valence electrons. The summed E-state index contributed by atoms with van der Waals surface area (Å²) in [5.41, 5.74) is 1.99. The van der Waals surface area contributed by atoms with E-state index in [0.29, 0.717) is 0 Å². The van der Waals surface area contributed by atoms with E-state index in [1.54, 1.807) is 10.9 Å². The number of hydrogen-bond donors (Lipinski definition) is 0. The average Bonchev–Trinajstić information content (AvgIpc) is 2.30. The highest BCUT2D eigenvalue weighted by Gasteiger charge is 2.02. The van der Waals surface area contributed by atoms with Gasteiger partial charge in [0.15, 0.2) is 0 Å². The summed E-state index contributed by atoms with van der Waals surface area (Å²) in [6.45, 7) is 1.98. The molecule has 2 aromatic heterocycles. The largest absolute Gasteiger partial charge is 0.265 e. The maximum atomic E-state index is 4.24. The second-order valence-electron chi connectivity index (χ2n) is 2.53. The highest BCUT2D eigenvalue weighted by molar-refractivity contribution is 5.79. The Labute approximate surface area is 64.7 Å². The Balaban J connectivity index is 2.95. The van der Waals surface area contributed by atoms with E-state index < -0.39 is 0 Å². The van der Waals surface area contributed by atoms with Gasteiger partial charge in [0.2, 0.25) is 0 Å². The number of fused-ring (bicyclic) bond motifs is 1. The van der Waals surface area contributed by atoms with E-state index in [1.165, 1.54) is 0 Å². The lowest BCUT2D eigenvalue weighted by atomic mass is 10.3. The van der Waals surface area contributed by atoms with E-state index in [1.807, 2.05) is 20.0 Å². The predicted octanol–water partition coefficient (Wildman–Crippen LogP) is 1.08. The van der Waals surface area contributed by atoms with Crippen LogP contribution in [0.4, 0.5) is 0 Å². The molecule has 0 spiro atoms. The number of rotatable bonds is 0. The van der Waals surface area contributed by atoms with Crippen molar-refractivity contribution in [2.45, 2.75) is 6.92 Å². The predicted molar refractivity (Wildman–Crippen MR) is 42.1 cm³/mol. The molecule has 0 saturated heterocycles. The molecule has 1 radical (unpaired) electrons. The monoisotopic (exact) mass is 146 g/mol. The standard InChI is InChI=1S/C8H8N3/c1-6-7-3-4-9-5-8(7)11(2)10-6/h3-4H,1-2H3. The smallest absolute Gasteiger partial charge is 0.117 e. The molecular formula is C8H8N3. The van der Waals surface area contributed by atoms with Crippen molar-refractivity contribution in [3.8, 4) is 0 Å². The van der Waals surface area contributed by atoms with Crippen molar-refractivity contribution in [3.05, 3.63) is 24.2 Å². The third-order valence-electron chi connectivity index (χ3n) is 1.75.